The van der Waals surface area contributed by atoms with Crippen molar-refractivity contribution in [1.29, 1.82) is 0 Å². The largest absolute Gasteiger partial charge is 0.350 e. The fourth-order valence-electron chi connectivity index (χ4n) is 3.12. The van der Waals surface area contributed by atoms with E-state index in [0.29, 0.717) is 21.6 Å². The van der Waals surface area contributed by atoms with Gasteiger partial charge in [-0.15, -0.1) is 0 Å². The fourth-order valence-corrected chi connectivity index (χ4v) is 3.25. The standard InChI is InChI=1S/C22H12ClF3N2O2/c23-13-6-4-12(5-7-13)19-20(27-16-3-1-2-14(24)10-16)22(30)28(21(19)29)18-9-8-15(25)11-17(18)26/h1-11,27H. The molecule has 150 valence electrons. The lowest BCUT2D eigenvalue weighted by atomic mass is 10.0. The number of halogens is 4. The number of amides is 2. The molecule has 0 aliphatic carbocycles. The molecule has 4 nitrogen and oxygen atoms in total. The highest BCUT2D eigenvalue weighted by Crippen LogP contribution is 2.35. The van der Waals surface area contributed by atoms with Gasteiger partial charge in [0.1, 0.15) is 23.1 Å². The molecule has 0 saturated heterocycles. The summed E-state index contributed by atoms with van der Waals surface area (Å²) in [5.41, 5.74) is -0.0454. The minimum absolute atomic E-state index is 0.0512. The Morgan fingerprint density at radius 1 is 0.800 bits per heavy atom. The van der Waals surface area contributed by atoms with Crippen LogP contribution in [0.15, 0.2) is 72.4 Å². The second-order valence-electron chi connectivity index (χ2n) is 6.43. The summed E-state index contributed by atoms with van der Waals surface area (Å²) in [5, 5.41) is 3.17. The number of carbonyl (C=O) groups is 2. The Labute approximate surface area is 174 Å². The Kier molecular flexibility index (Phi) is 5.05. The summed E-state index contributed by atoms with van der Waals surface area (Å²) in [6.45, 7) is 0. The van der Waals surface area contributed by atoms with Gasteiger partial charge in [-0.3, -0.25) is 9.59 Å². The van der Waals surface area contributed by atoms with Crippen molar-refractivity contribution in [2.24, 2.45) is 0 Å². The average Bonchev–Trinajstić information content (AvgIpc) is 2.93. The van der Waals surface area contributed by atoms with E-state index in [9.17, 15) is 22.8 Å². The Morgan fingerprint density at radius 2 is 1.50 bits per heavy atom. The van der Waals surface area contributed by atoms with Crippen molar-refractivity contribution in [1.82, 2.24) is 0 Å². The van der Waals surface area contributed by atoms with Crippen LogP contribution >= 0.6 is 11.6 Å². The van der Waals surface area contributed by atoms with E-state index in [1.54, 1.807) is 0 Å². The quantitative estimate of drug-likeness (QED) is 0.584. The highest BCUT2D eigenvalue weighted by Gasteiger charge is 2.41. The van der Waals surface area contributed by atoms with Crippen molar-refractivity contribution in [3.63, 3.8) is 0 Å². The van der Waals surface area contributed by atoms with Gasteiger partial charge in [0.25, 0.3) is 11.8 Å². The summed E-state index contributed by atoms with van der Waals surface area (Å²) < 4.78 is 41.3. The lowest BCUT2D eigenvalue weighted by molar-refractivity contribution is -0.120. The number of nitrogens with one attached hydrogen (secondary N) is 1. The molecule has 3 aromatic carbocycles. The molecule has 3 aromatic rings. The maximum atomic E-state index is 14.3. The molecule has 1 N–H and O–H groups in total. The summed E-state index contributed by atoms with van der Waals surface area (Å²) in [4.78, 5) is 26.9. The van der Waals surface area contributed by atoms with Crippen molar-refractivity contribution < 1.29 is 22.8 Å². The van der Waals surface area contributed by atoms with Crippen LogP contribution in [0.4, 0.5) is 24.5 Å². The Balaban J connectivity index is 1.84. The lowest BCUT2D eigenvalue weighted by Gasteiger charge is -2.16. The molecule has 2 amide bonds. The predicted molar refractivity (Wildman–Crippen MR) is 107 cm³/mol. The number of rotatable bonds is 4. The van der Waals surface area contributed by atoms with Crippen LogP contribution in [0.5, 0.6) is 0 Å². The Bertz CT molecular complexity index is 1210. The second kappa shape index (κ2) is 7.68. The van der Waals surface area contributed by atoms with Crippen LogP contribution < -0.4 is 10.2 Å². The zero-order valence-corrected chi connectivity index (χ0v) is 15.9. The maximum Gasteiger partial charge on any atom is 0.282 e. The normalized spacial score (nSPS) is 13.9. The molecule has 1 heterocycles. The minimum Gasteiger partial charge on any atom is -0.350 e. The number of benzene rings is 3. The van der Waals surface area contributed by atoms with Crippen molar-refractivity contribution in [2.45, 2.75) is 0 Å². The Morgan fingerprint density at radius 3 is 2.17 bits per heavy atom. The van der Waals surface area contributed by atoms with E-state index in [2.05, 4.69) is 5.32 Å². The highest BCUT2D eigenvalue weighted by molar-refractivity contribution is 6.46. The molecule has 30 heavy (non-hydrogen) atoms. The van der Waals surface area contributed by atoms with Crippen molar-refractivity contribution in [3.05, 3.63) is 100 Å². The SMILES string of the molecule is O=C1C(Nc2cccc(F)c2)=C(c2ccc(Cl)cc2)C(=O)N1c1ccc(F)cc1F. The topological polar surface area (TPSA) is 49.4 Å². The van der Waals surface area contributed by atoms with E-state index in [0.717, 1.165) is 18.2 Å². The van der Waals surface area contributed by atoms with Gasteiger partial charge in [-0.1, -0.05) is 29.8 Å². The third kappa shape index (κ3) is 3.55. The Hall–Kier alpha value is -3.58. The molecule has 0 unspecified atom stereocenters. The summed E-state index contributed by atoms with van der Waals surface area (Å²) >= 11 is 5.91. The van der Waals surface area contributed by atoms with E-state index in [1.807, 2.05) is 0 Å². The zero-order valence-electron chi connectivity index (χ0n) is 15.1. The molecule has 0 fully saturated rings. The molecule has 0 spiro atoms. The number of hydrogen-bond acceptors (Lipinski definition) is 3. The number of anilines is 2. The fraction of sp³-hybridized carbons (Fsp3) is 0. The first-order valence-electron chi connectivity index (χ1n) is 8.72. The molecule has 1 aliphatic heterocycles. The zero-order chi connectivity index (χ0) is 21.4. The van der Waals surface area contributed by atoms with Gasteiger partial charge in [-0.2, -0.15) is 0 Å². The van der Waals surface area contributed by atoms with Crippen LogP contribution in [-0.4, -0.2) is 11.8 Å². The van der Waals surface area contributed by atoms with Gasteiger partial charge in [0.2, 0.25) is 0 Å². The van der Waals surface area contributed by atoms with E-state index >= 15 is 0 Å². The van der Waals surface area contributed by atoms with Crippen LogP contribution in [0.2, 0.25) is 5.02 Å². The number of imide groups is 1. The third-order valence-electron chi connectivity index (χ3n) is 4.46. The van der Waals surface area contributed by atoms with Crippen LogP contribution in [0.3, 0.4) is 0 Å². The second-order valence-corrected chi connectivity index (χ2v) is 6.87. The van der Waals surface area contributed by atoms with Gasteiger partial charge in [0.05, 0.1) is 11.3 Å². The molecule has 4 rings (SSSR count). The van der Waals surface area contributed by atoms with Crippen molar-refractivity contribution in [2.75, 3.05) is 10.2 Å². The monoisotopic (exact) mass is 428 g/mol. The average molecular weight is 429 g/mol. The first-order chi connectivity index (χ1) is 14.3. The number of nitrogens with zero attached hydrogens (tertiary/aromatic N) is 1. The predicted octanol–water partition coefficient (Wildman–Crippen LogP) is 5.15. The van der Waals surface area contributed by atoms with Crippen molar-refractivity contribution in [3.8, 4) is 0 Å². The molecule has 0 atom stereocenters. The van der Waals surface area contributed by atoms with E-state index in [-0.39, 0.29) is 17.0 Å². The van der Waals surface area contributed by atoms with Gasteiger partial charge in [0, 0.05) is 16.8 Å². The highest BCUT2D eigenvalue weighted by atomic mass is 35.5. The van der Waals surface area contributed by atoms with E-state index in [1.165, 1.54) is 42.5 Å². The summed E-state index contributed by atoms with van der Waals surface area (Å²) in [5.74, 6) is -4.14. The van der Waals surface area contributed by atoms with Crippen LogP contribution in [0, 0.1) is 17.5 Å². The number of hydrogen-bond donors (Lipinski definition) is 1. The molecule has 0 saturated carbocycles. The summed E-state index contributed by atoms with van der Waals surface area (Å²) in [6, 6.07) is 14.0. The van der Waals surface area contributed by atoms with E-state index < -0.39 is 35.0 Å². The minimum atomic E-state index is -1.07. The lowest BCUT2D eigenvalue weighted by Crippen LogP contribution is -2.33. The molecule has 8 heteroatoms. The molecule has 0 radical (unpaired) electrons. The van der Waals surface area contributed by atoms with Crippen LogP contribution in [-0.2, 0) is 9.59 Å². The van der Waals surface area contributed by atoms with Gasteiger partial charge >= 0.3 is 0 Å². The molecular weight excluding hydrogens is 417 g/mol. The first kappa shape index (κ1) is 19.7. The third-order valence-corrected chi connectivity index (χ3v) is 4.71. The van der Waals surface area contributed by atoms with Gasteiger partial charge in [0.15, 0.2) is 0 Å². The summed E-state index contributed by atoms with van der Waals surface area (Å²) in [7, 11) is 0. The molecule has 0 aromatic heterocycles. The smallest absolute Gasteiger partial charge is 0.282 e. The first-order valence-corrected chi connectivity index (χ1v) is 9.09. The van der Waals surface area contributed by atoms with Crippen LogP contribution in [0.1, 0.15) is 5.56 Å². The van der Waals surface area contributed by atoms with Crippen LogP contribution in [0.25, 0.3) is 5.57 Å². The van der Waals surface area contributed by atoms with Gasteiger partial charge in [-0.05, 0) is 48.0 Å². The number of carbonyl (C=O) groups excluding carboxylic acids is 2. The molecular formula is C22H12ClF3N2O2. The maximum absolute atomic E-state index is 14.3. The van der Waals surface area contributed by atoms with Gasteiger partial charge < -0.3 is 5.32 Å². The summed E-state index contributed by atoms with van der Waals surface area (Å²) in [6.07, 6.45) is 0. The van der Waals surface area contributed by atoms with Gasteiger partial charge in [-0.25, -0.2) is 18.1 Å². The van der Waals surface area contributed by atoms with Crippen molar-refractivity contribution >= 4 is 40.4 Å². The molecule has 0 bridgehead atoms. The van der Waals surface area contributed by atoms with E-state index in [4.69, 9.17) is 11.6 Å². The molecule has 1 aliphatic rings.